The fourth-order valence-electron chi connectivity index (χ4n) is 4.18. The topological polar surface area (TPSA) is 98.3 Å². The molecule has 8 heteroatoms. The highest BCUT2D eigenvalue weighted by molar-refractivity contribution is 5.75. The minimum absolute atomic E-state index is 0.00201. The van der Waals surface area contributed by atoms with E-state index in [0.717, 1.165) is 11.1 Å². The lowest BCUT2D eigenvalue weighted by atomic mass is 9.99. The van der Waals surface area contributed by atoms with Crippen molar-refractivity contribution >= 4 is 5.91 Å². The van der Waals surface area contributed by atoms with E-state index in [0.29, 0.717) is 13.2 Å². The van der Waals surface area contributed by atoms with Gasteiger partial charge in [0.25, 0.3) is 0 Å². The smallest absolute Gasteiger partial charge is 0.245 e. The van der Waals surface area contributed by atoms with Crippen molar-refractivity contribution < 1.29 is 28.9 Å². The summed E-state index contributed by atoms with van der Waals surface area (Å²) in [5.41, 5.74) is 3.80. The third-order valence-corrected chi connectivity index (χ3v) is 5.65. The largest absolute Gasteiger partial charge is 0.368 e. The SMILES string of the molecule is CC1(C)O[C@H]2O[C@H](C(CC(=O)NO)NCc3ccccc3)[C@H](OCc3ccccc3)[C@H]2O1. The lowest BCUT2D eigenvalue weighted by Gasteiger charge is -2.31. The summed E-state index contributed by atoms with van der Waals surface area (Å²) in [4.78, 5) is 12.1. The van der Waals surface area contributed by atoms with Crippen LogP contribution in [0, 0.1) is 0 Å². The van der Waals surface area contributed by atoms with Gasteiger partial charge in [-0.1, -0.05) is 60.7 Å². The molecule has 32 heavy (non-hydrogen) atoms. The normalized spacial score (nSPS) is 27.1. The molecule has 3 N–H and O–H groups in total. The Balaban J connectivity index is 1.52. The maximum atomic E-state index is 12.1. The standard InChI is InChI=1S/C24H30N2O6/c1-24(2)31-22-21(29-15-17-11-7-4-8-12-17)20(30-23(22)32-24)18(13-19(27)26-28)25-14-16-9-5-3-6-10-16/h3-12,18,20-23,25,28H,13-15H2,1-2H3,(H,26,27)/t18?,20-,21+,22-,23-/m1/s1. The van der Waals surface area contributed by atoms with Gasteiger partial charge in [0.2, 0.25) is 5.91 Å². The van der Waals surface area contributed by atoms with Crippen molar-refractivity contribution in [2.75, 3.05) is 0 Å². The minimum atomic E-state index is -0.788. The maximum absolute atomic E-state index is 12.1. The second kappa shape index (κ2) is 10.1. The number of carbonyl (C=O) groups excluding carboxylic acids is 1. The molecule has 8 nitrogen and oxygen atoms in total. The zero-order valence-corrected chi connectivity index (χ0v) is 18.3. The molecule has 0 radical (unpaired) electrons. The molecule has 5 atom stereocenters. The molecule has 2 aromatic rings. The summed E-state index contributed by atoms with van der Waals surface area (Å²) < 4.78 is 24.5. The zero-order valence-electron chi connectivity index (χ0n) is 18.3. The molecule has 172 valence electrons. The lowest BCUT2D eigenvalue weighted by Crippen LogP contribution is -2.50. The fraction of sp³-hybridized carbons (Fsp3) is 0.458. The summed E-state index contributed by atoms with van der Waals surface area (Å²) in [5.74, 6) is -1.30. The number of hydrogen-bond acceptors (Lipinski definition) is 7. The van der Waals surface area contributed by atoms with E-state index in [4.69, 9.17) is 24.2 Å². The first kappa shape index (κ1) is 22.8. The van der Waals surface area contributed by atoms with Gasteiger partial charge in [-0.2, -0.15) is 0 Å². The Morgan fingerprint density at radius 1 is 1.06 bits per heavy atom. The minimum Gasteiger partial charge on any atom is -0.368 e. The number of nitrogens with one attached hydrogen (secondary N) is 2. The van der Waals surface area contributed by atoms with Crippen LogP contribution in [0.4, 0.5) is 0 Å². The highest BCUT2D eigenvalue weighted by atomic mass is 16.8. The number of amides is 1. The predicted molar refractivity (Wildman–Crippen MR) is 115 cm³/mol. The van der Waals surface area contributed by atoms with Gasteiger partial charge >= 0.3 is 0 Å². The first-order valence-corrected chi connectivity index (χ1v) is 10.8. The van der Waals surface area contributed by atoms with Crippen LogP contribution in [0.3, 0.4) is 0 Å². The van der Waals surface area contributed by atoms with Crippen molar-refractivity contribution in [3.8, 4) is 0 Å². The third kappa shape index (κ3) is 5.53. The molecule has 0 aliphatic carbocycles. The number of hydroxylamine groups is 1. The van der Waals surface area contributed by atoms with Crippen molar-refractivity contribution in [3.05, 3.63) is 71.8 Å². The first-order chi connectivity index (χ1) is 15.4. The maximum Gasteiger partial charge on any atom is 0.245 e. The molecule has 4 rings (SSSR count). The van der Waals surface area contributed by atoms with Gasteiger partial charge < -0.3 is 24.3 Å². The monoisotopic (exact) mass is 442 g/mol. The van der Waals surface area contributed by atoms with Crippen LogP contribution in [0.5, 0.6) is 0 Å². The van der Waals surface area contributed by atoms with Crippen molar-refractivity contribution in [1.29, 1.82) is 0 Å². The highest BCUT2D eigenvalue weighted by Gasteiger charge is 2.57. The summed E-state index contributed by atoms with van der Waals surface area (Å²) >= 11 is 0. The van der Waals surface area contributed by atoms with Crippen molar-refractivity contribution in [3.63, 3.8) is 0 Å². The molecule has 2 aliphatic heterocycles. The van der Waals surface area contributed by atoms with Crippen LogP contribution >= 0.6 is 0 Å². The number of rotatable bonds is 9. The van der Waals surface area contributed by atoms with E-state index in [-0.39, 0.29) is 6.42 Å². The Bertz CT molecular complexity index is 879. The summed E-state index contributed by atoms with van der Waals surface area (Å²) in [5, 5.41) is 12.5. The van der Waals surface area contributed by atoms with E-state index < -0.39 is 42.3 Å². The second-order valence-electron chi connectivity index (χ2n) is 8.54. The number of fused-ring (bicyclic) bond motifs is 1. The average Bonchev–Trinajstić information content (AvgIpc) is 3.28. The van der Waals surface area contributed by atoms with Crippen LogP contribution in [-0.2, 0) is 36.9 Å². The molecule has 2 fully saturated rings. The summed E-state index contributed by atoms with van der Waals surface area (Å²) in [6.07, 6.45) is -2.03. The third-order valence-electron chi connectivity index (χ3n) is 5.65. The summed E-state index contributed by atoms with van der Waals surface area (Å²) in [7, 11) is 0. The molecule has 2 heterocycles. The predicted octanol–water partition coefficient (Wildman–Crippen LogP) is 2.50. The number of benzene rings is 2. The Kier molecular flexibility index (Phi) is 7.20. The van der Waals surface area contributed by atoms with E-state index in [9.17, 15) is 4.79 Å². The van der Waals surface area contributed by atoms with Gasteiger partial charge in [-0.3, -0.25) is 10.0 Å². The van der Waals surface area contributed by atoms with Crippen LogP contribution in [0.2, 0.25) is 0 Å². The van der Waals surface area contributed by atoms with Crippen molar-refractivity contribution in [2.24, 2.45) is 0 Å². The number of hydrogen-bond donors (Lipinski definition) is 3. The van der Waals surface area contributed by atoms with Crippen molar-refractivity contribution in [1.82, 2.24) is 10.8 Å². The fourth-order valence-corrected chi connectivity index (χ4v) is 4.18. The quantitative estimate of drug-likeness (QED) is 0.405. The Morgan fingerprint density at radius 2 is 1.72 bits per heavy atom. The number of carbonyl (C=O) groups is 1. The van der Waals surface area contributed by atoms with E-state index in [1.165, 1.54) is 0 Å². The van der Waals surface area contributed by atoms with Crippen molar-refractivity contribution in [2.45, 2.75) is 69.9 Å². The van der Waals surface area contributed by atoms with Crippen LogP contribution in [0.15, 0.2) is 60.7 Å². The number of ether oxygens (including phenoxy) is 4. The van der Waals surface area contributed by atoms with Gasteiger partial charge in [-0.15, -0.1) is 0 Å². The molecule has 0 bridgehead atoms. The van der Waals surface area contributed by atoms with Crippen LogP contribution < -0.4 is 10.8 Å². The van der Waals surface area contributed by atoms with E-state index >= 15 is 0 Å². The zero-order chi connectivity index (χ0) is 22.6. The molecule has 2 saturated heterocycles. The molecule has 2 aliphatic rings. The van der Waals surface area contributed by atoms with Gasteiger partial charge in [0.1, 0.15) is 18.3 Å². The highest BCUT2D eigenvalue weighted by Crippen LogP contribution is 2.40. The van der Waals surface area contributed by atoms with Gasteiger partial charge in [0, 0.05) is 19.0 Å². The molecular weight excluding hydrogens is 412 g/mol. The van der Waals surface area contributed by atoms with E-state index in [1.54, 1.807) is 5.48 Å². The van der Waals surface area contributed by atoms with Crippen LogP contribution in [-0.4, -0.2) is 47.5 Å². The lowest BCUT2D eigenvalue weighted by molar-refractivity contribution is -0.222. The molecule has 2 aromatic carbocycles. The molecule has 1 amide bonds. The second-order valence-corrected chi connectivity index (χ2v) is 8.54. The summed E-state index contributed by atoms with van der Waals surface area (Å²) in [6.45, 7) is 4.57. The van der Waals surface area contributed by atoms with Gasteiger partial charge in [0.15, 0.2) is 12.1 Å². The molecular formula is C24H30N2O6. The Hall–Kier alpha value is -2.33. The van der Waals surface area contributed by atoms with Gasteiger partial charge in [-0.25, -0.2) is 5.48 Å². The molecule has 1 unspecified atom stereocenters. The van der Waals surface area contributed by atoms with Gasteiger partial charge in [0.05, 0.1) is 6.61 Å². The van der Waals surface area contributed by atoms with E-state index in [2.05, 4.69) is 5.32 Å². The van der Waals surface area contributed by atoms with E-state index in [1.807, 2.05) is 74.5 Å². The Labute approximate surface area is 187 Å². The van der Waals surface area contributed by atoms with Crippen LogP contribution in [0.1, 0.15) is 31.4 Å². The van der Waals surface area contributed by atoms with Gasteiger partial charge in [-0.05, 0) is 25.0 Å². The molecule has 0 aromatic heterocycles. The summed E-state index contributed by atoms with van der Waals surface area (Å²) in [6, 6.07) is 19.3. The van der Waals surface area contributed by atoms with Crippen LogP contribution in [0.25, 0.3) is 0 Å². The molecule has 0 spiro atoms. The average molecular weight is 443 g/mol. The Morgan fingerprint density at radius 3 is 2.38 bits per heavy atom. The molecule has 0 saturated carbocycles. The first-order valence-electron chi connectivity index (χ1n) is 10.8.